The number of carbonyl (C=O) groups excluding carboxylic acids is 1. The Kier molecular flexibility index (Phi) is 2.38. The molecule has 1 aromatic rings. The maximum atomic E-state index is 13.2. The third-order valence-electron chi connectivity index (χ3n) is 2.65. The van der Waals surface area contributed by atoms with Gasteiger partial charge >= 0.3 is 5.97 Å². The number of aliphatic carboxylic acids is 1. The van der Waals surface area contributed by atoms with Crippen LogP contribution in [0.3, 0.4) is 0 Å². The van der Waals surface area contributed by atoms with Gasteiger partial charge in [0, 0.05) is 5.69 Å². The Hall–Kier alpha value is -1.91. The topological polar surface area (TPSA) is 66.4 Å². The monoisotopic (exact) mass is 223 g/mol. The normalized spacial score (nSPS) is 18.1. The van der Waals surface area contributed by atoms with Crippen LogP contribution < -0.4 is 5.32 Å². The van der Waals surface area contributed by atoms with Gasteiger partial charge in [0.15, 0.2) is 0 Å². The highest BCUT2D eigenvalue weighted by Crippen LogP contribution is 2.37. The summed E-state index contributed by atoms with van der Waals surface area (Å²) in [5.74, 6) is -2.70. The summed E-state index contributed by atoms with van der Waals surface area (Å²) in [4.78, 5) is 22.1. The molecule has 0 aliphatic carbocycles. The van der Waals surface area contributed by atoms with Gasteiger partial charge in [-0.1, -0.05) is 0 Å². The number of fused-ring (bicyclic) bond motifs is 1. The molecule has 0 radical (unpaired) electrons. The molecule has 1 aromatic carbocycles. The van der Waals surface area contributed by atoms with Crippen molar-refractivity contribution in [1.29, 1.82) is 0 Å². The third-order valence-corrected chi connectivity index (χ3v) is 2.65. The summed E-state index contributed by atoms with van der Waals surface area (Å²) < 4.78 is 13.2. The molecule has 1 heterocycles. The van der Waals surface area contributed by atoms with Crippen molar-refractivity contribution in [2.75, 3.05) is 5.32 Å². The zero-order valence-corrected chi connectivity index (χ0v) is 8.58. The molecule has 0 aromatic heterocycles. The van der Waals surface area contributed by atoms with Crippen LogP contribution in [0.4, 0.5) is 10.1 Å². The van der Waals surface area contributed by atoms with Gasteiger partial charge in [0.05, 0.1) is 12.3 Å². The highest BCUT2D eigenvalue weighted by Gasteiger charge is 2.33. The molecule has 0 fully saturated rings. The number of amides is 1. The number of nitrogens with one attached hydrogen (secondary N) is 1. The lowest BCUT2D eigenvalue weighted by Crippen LogP contribution is -2.15. The number of hydrogen-bond acceptors (Lipinski definition) is 2. The molecular weight excluding hydrogens is 213 g/mol. The number of rotatable bonds is 2. The molecule has 16 heavy (non-hydrogen) atoms. The summed E-state index contributed by atoms with van der Waals surface area (Å²) in [6.07, 6.45) is -0.318. The van der Waals surface area contributed by atoms with E-state index in [1.165, 1.54) is 12.1 Å². The van der Waals surface area contributed by atoms with Gasteiger partial charge < -0.3 is 10.4 Å². The van der Waals surface area contributed by atoms with Crippen molar-refractivity contribution in [2.24, 2.45) is 0 Å². The molecule has 5 heteroatoms. The zero-order chi connectivity index (χ0) is 11.9. The predicted molar refractivity (Wildman–Crippen MR) is 54.8 cm³/mol. The highest BCUT2D eigenvalue weighted by molar-refractivity contribution is 6.05. The fourth-order valence-electron chi connectivity index (χ4n) is 1.94. The van der Waals surface area contributed by atoms with Crippen molar-refractivity contribution in [3.05, 3.63) is 29.1 Å². The van der Waals surface area contributed by atoms with Crippen LogP contribution in [-0.2, 0) is 9.59 Å². The molecule has 84 valence electrons. The van der Waals surface area contributed by atoms with Crippen molar-refractivity contribution in [3.8, 4) is 0 Å². The lowest BCUT2D eigenvalue weighted by atomic mass is 9.96. The van der Waals surface area contributed by atoms with E-state index < -0.39 is 17.7 Å². The van der Waals surface area contributed by atoms with Gasteiger partial charge in [-0.2, -0.15) is 0 Å². The fourth-order valence-corrected chi connectivity index (χ4v) is 1.94. The number of carboxylic acid groups (broad SMARTS) is 1. The molecule has 4 nitrogen and oxygen atoms in total. The van der Waals surface area contributed by atoms with Gasteiger partial charge in [-0.15, -0.1) is 0 Å². The maximum Gasteiger partial charge on any atom is 0.304 e. The predicted octanol–water partition coefficient (Wildman–Crippen LogP) is 1.64. The second kappa shape index (κ2) is 3.59. The van der Waals surface area contributed by atoms with E-state index in [0.29, 0.717) is 16.8 Å². The summed E-state index contributed by atoms with van der Waals surface area (Å²) in [7, 11) is 0. The molecule has 1 aliphatic heterocycles. The van der Waals surface area contributed by atoms with Gasteiger partial charge in [-0.3, -0.25) is 9.59 Å². The molecule has 1 amide bonds. The average molecular weight is 223 g/mol. The van der Waals surface area contributed by atoms with Crippen molar-refractivity contribution >= 4 is 17.6 Å². The van der Waals surface area contributed by atoms with Crippen molar-refractivity contribution < 1.29 is 19.1 Å². The summed E-state index contributed by atoms with van der Waals surface area (Å²) >= 11 is 0. The van der Waals surface area contributed by atoms with E-state index in [9.17, 15) is 14.0 Å². The number of aryl methyl sites for hydroxylation is 1. The number of anilines is 1. The van der Waals surface area contributed by atoms with E-state index in [2.05, 4.69) is 5.32 Å². The van der Waals surface area contributed by atoms with Crippen LogP contribution >= 0.6 is 0 Å². The number of carbonyl (C=O) groups is 2. The molecule has 0 saturated carbocycles. The van der Waals surface area contributed by atoms with Gasteiger partial charge in [0.1, 0.15) is 5.82 Å². The van der Waals surface area contributed by atoms with Crippen LogP contribution in [0.25, 0.3) is 0 Å². The maximum absolute atomic E-state index is 13.2. The Bertz CT molecular complexity index is 484. The molecule has 0 spiro atoms. The first-order valence-electron chi connectivity index (χ1n) is 4.81. The fraction of sp³-hybridized carbons (Fsp3) is 0.273. The zero-order valence-electron chi connectivity index (χ0n) is 8.58. The summed E-state index contributed by atoms with van der Waals surface area (Å²) in [5, 5.41) is 11.3. The minimum Gasteiger partial charge on any atom is -0.481 e. The van der Waals surface area contributed by atoms with E-state index >= 15 is 0 Å². The first-order valence-corrected chi connectivity index (χ1v) is 4.81. The minimum atomic E-state index is -1.07. The molecule has 1 atom stereocenters. The van der Waals surface area contributed by atoms with Crippen LogP contribution in [0.2, 0.25) is 0 Å². The largest absolute Gasteiger partial charge is 0.481 e. The molecular formula is C11H10FNO3. The van der Waals surface area contributed by atoms with Crippen molar-refractivity contribution in [2.45, 2.75) is 19.3 Å². The van der Waals surface area contributed by atoms with E-state index in [4.69, 9.17) is 5.11 Å². The van der Waals surface area contributed by atoms with Crippen LogP contribution in [0.15, 0.2) is 12.1 Å². The number of hydrogen-bond donors (Lipinski definition) is 2. The van der Waals surface area contributed by atoms with E-state index in [0.717, 1.165) is 0 Å². The Labute approximate surface area is 91.1 Å². The first kappa shape index (κ1) is 10.6. The molecule has 0 bridgehead atoms. The second-order valence-corrected chi connectivity index (χ2v) is 3.83. The molecule has 2 rings (SSSR count). The number of carboxylic acids is 1. The number of benzene rings is 1. The van der Waals surface area contributed by atoms with Gasteiger partial charge in [-0.25, -0.2) is 4.39 Å². The van der Waals surface area contributed by atoms with E-state index in [1.807, 2.05) is 0 Å². The third kappa shape index (κ3) is 1.64. The molecule has 0 saturated heterocycles. The Morgan fingerprint density at radius 2 is 2.25 bits per heavy atom. The summed E-state index contributed by atoms with van der Waals surface area (Å²) in [5.41, 5.74) is 1.58. The smallest absolute Gasteiger partial charge is 0.304 e. The number of halogens is 1. The SMILES string of the molecule is Cc1cc(F)cc2c1NC(=O)C2CC(=O)O. The van der Waals surface area contributed by atoms with E-state index in [-0.39, 0.29) is 12.3 Å². The lowest BCUT2D eigenvalue weighted by Gasteiger charge is -2.06. The molecule has 1 unspecified atom stereocenters. The standard InChI is InChI=1S/C11H10FNO3/c1-5-2-6(12)3-7-8(4-9(14)15)11(16)13-10(5)7/h2-3,8H,4H2,1H3,(H,13,16)(H,14,15). The summed E-state index contributed by atoms with van der Waals surface area (Å²) in [6.45, 7) is 1.67. The van der Waals surface area contributed by atoms with Crippen LogP contribution in [0.1, 0.15) is 23.5 Å². The van der Waals surface area contributed by atoms with Crippen molar-refractivity contribution in [3.63, 3.8) is 0 Å². The van der Waals surface area contributed by atoms with Crippen molar-refractivity contribution in [1.82, 2.24) is 0 Å². The van der Waals surface area contributed by atoms with Crippen LogP contribution in [-0.4, -0.2) is 17.0 Å². The van der Waals surface area contributed by atoms with Crippen LogP contribution in [0, 0.1) is 12.7 Å². The van der Waals surface area contributed by atoms with Gasteiger partial charge in [0.2, 0.25) is 5.91 Å². The molecule has 2 N–H and O–H groups in total. The minimum absolute atomic E-state index is 0.318. The lowest BCUT2D eigenvalue weighted by molar-refractivity contribution is -0.138. The molecule has 1 aliphatic rings. The quantitative estimate of drug-likeness (QED) is 0.801. The van der Waals surface area contributed by atoms with Crippen LogP contribution in [0.5, 0.6) is 0 Å². The summed E-state index contributed by atoms with van der Waals surface area (Å²) in [6, 6.07) is 2.52. The van der Waals surface area contributed by atoms with Gasteiger partial charge in [0.25, 0.3) is 0 Å². The average Bonchev–Trinajstić information content (AvgIpc) is 2.45. The highest BCUT2D eigenvalue weighted by atomic mass is 19.1. The second-order valence-electron chi connectivity index (χ2n) is 3.83. The van der Waals surface area contributed by atoms with Gasteiger partial charge in [-0.05, 0) is 30.2 Å². The Morgan fingerprint density at radius 3 is 2.88 bits per heavy atom. The Balaban J connectivity index is 2.47. The first-order chi connectivity index (χ1) is 7.49. The van der Waals surface area contributed by atoms with E-state index in [1.54, 1.807) is 6.92 Å². The Morgan fingerprint density at radius 1 is 1.56 bits per heavy atom.